The molecular formula is C19H21NO2. The largest absolute Gasteiger partial charge is 0.478 e. The third-order valence-electron chi connectivity index (χ3n) is 3.54. The molecule has 0 aliphatic rings. The topological polar surface area (TPSA) is 63.3 Å². The highest BCUT2D eigenvalue weighted by molar-refractivity contribution is 6.20. The lowest BCUT2D eigenvalue weighted by molar-refractivity contribution is -0.130. The minimum Gasteiger partial charge on any atom is -0.478 e. The van der Waals surface area contributed by atoms with E-state index in [0.29, 0.717) is 11.3 Å². The molecule has 0 radical (unpaired) electrons. The average molecular weight is 295 g/mol. The number of hydrogen-bond donors (Lipinski definition) is 2. The Hall–Kier alpha value is -2.55. The third-order valence-corrected chi connectivity index (χ3v) is 3.54. The lowest BCUT2D eigenvalue weighted by atomic mass is 9.86. The molecule has 114 valence electrons. The van der Waals surface area contributed by atoms with Crippen LogP contribution in [0.3, 0.4) is 0 Å². The first-order chi connectivity index (χ1) is 10.3. The Bertz CT molecular complexity index is 690. The second-order valence-corrected chi connectivity index (χ2v) is 6.36. The second-order valence-electron chi connectivity index (χ2n) is 6.36. The number of nitrogen functional groups attached to an aromatic ring is 1. The van der Waals surface area contributed by atoms with Gasteiger partial charge in [-0.25, -0.2) is 4.79 Å². The van der Waals surface area contributed by atoms with Gasteiger partial charge in [0.05, 0.1) is 5.57 Å². The molecule has 0 saturated carbocycles. The van der Waals surface area contributed by atoms with Crippen molar-refractivity contribution in [3.05, 3.63) is 65.2 Å². The van der Waals surface area contributed by atoms with Gasteiger partial charge in [-0.1, -0.05) is 57.2 Å². The summed E-state index contributed by atoms with van der Waals surface area (Å²) in [6.07, 6.45) is 1.68. The van der Waals surface area contributed by atoms with E-state index in [2.05, 4.69) is 20.8 Å². The molecule has 0 heterocycles. The fraction of sp³-hybridized carbons (Fsp3) is 0.211. The highest BCUT2D eigenvalue weighted by atomic mass is 16.4. The Morgan fingerprint density at radius 3 is 2.00 bits per heavy atom. The summed E-state index contributed by atoms with van der Waals surface area (Å²) < 4.78 is 0. The molecule has 0 bridgehead atoms. The van der Waals surface area contributed by atoms with Gasteiger partial charge in [0.1, 0.15) is 0 Å². The zero-order chi connectivity index (χ0) is 16.3. The van der Waals surface area contributed by atoms with Crippen LogP contribution in [-0.2, 0) is 10.2 Å². The SMILES string of the molecule is CC(C)(C)c1ccc(/C=C(\C(=O)O)c2ccc(N)cc2)cc1. The Balaban J connectivity index is 2.38. The van der Waals surface area contributed by atoms with E-state index in [0.717, 1.165) is 5.56 Å². The van der Waals surface area contributed by atoms with Crippen molar-refractivity contribution in [2.75, 3.05) is 5.73 Å². The number of rotatable bonds is 3. The summed E-state index contributed by atoms with van der Waals surface area (Å²) in [6.45, 7) is 6.44. The molecule has 2 aromatic carbocycles. The van der Waals surface area contributed by atoms with Crippen molar-refractivity contribution in [2.24, 2.45) is 0 Å². The molecule has 3 nitrogen and oxygen atoms in total. The predicted octanol–water partition coefficient (Wildman–Crippen LogP) is 4.19. The van der Waals surface area contributed by atoms with E-state index in [4.69, 9.17) is 5.73 Å². The molecule has 0 fully saturated rings. The first kappa shape index (κ1) is 15.8. The van der Waals surface area contributed by atoms with Gasteiger partial charge in [-0.15, -0.1) is 0 Å². The maximum Gasteiger partial charge on any atom is 0.336 e. The van der Waals surface area contributed by atoms with Crippen LogP contribution in [0.4, 0.5) is 5.69 Å². The van der Waals surface area contributed by atoms with Gasteiger partial charge in [0.15, 0.2) is 0 Å². The molecule has 2 aromatic rings. The van der Waals surface area contributed by atoms with Crippen molar-refractivity contribution in [1.82, 2.24) is 0 Å². The van der Waals surface area contributed by atoms with Crippen molar-refractivity contribution in [1.29, 1.82) is 0 Å². The van der Waals surface area contributed by atoms with Gasteiger partial charge in [-0.3, -0.25) is 0 Å². The molecule has 0 unspecified atom stereocenters. The molecule has 2 rings (SSSR count). The highest BCUT2D eigenvalue weighted by Gasteiger charge is 2.14. The van der Waals surface area contributed by atoms with Gasteiger partial charge in [0.25, 0.3) is 0 Å². The Labute approximate surface area is 131 Å². The summed E-state index contributed by atoms with van der Waals surface area (Å²) in [5.74, 6) is -0.954. The van der Waals surface area contributed by atoms with Crippen molar-refractivity contribution >= 4 is 23.3 Å². The van der Waals surface area contributed by atoms with Crippen LogP contribution in [0.1, 0.15) is 37.5 Å². The maximum atomic E-state index is 11.5. The van der Waals surface area contributed by atoms with Crippen LogP contribution in [0.2, 0.25) is 0 Å². The molecule has 0 atom stereocenters. The number of carboxylic acid groups (broad SMARTS) is 1. The van der Waals surface area contributed by atoms with E-state index in [9.17, 15) is 9.90 Å². The minimum atomic E-state index is -0.954. The van der Waals surface area contributed by atoms with E-state index >= 15 is 0 Å². The van der Waals surface area contributed by atoms with Gasteiger partial charge in [-0.05, 0) is 40.3 Å². The summed E-state index contributed by atoms with van der Waals surface area (Å²) in [5.41, 5.74) is 9.31. The monoisotopic (exact) mass is 295 g/mol. The lowest BCUT2D eigenvalue weighted by Gasteiger charge is -2.18. The van der Waals surface area contributed by atoms with Crippen molar-refractivity contribution < 1.29 is 9.90 Å². The van der Waals surface area contributed by atoms with E-state index in [-0.39, 0.29) is 11.0 Å². The summed E-state index contributed by atoms with van der Waals surface area (Å²) in [7, 11) is 0. The normalized spacial score (nSPS) is 12.2. The van der Waals surface area contributed by atoms with Crippen molar-refractivity contribution in [3.8, 4) is 0 Å². The first-order valence-electron chi connectivity index (χ1n) is 7.19. The van der Waals surface area contributed by atoms with Crippen LogP contribution >= 0.6 is 0 Å². The molecule has 3 heteroatoms. The molecule has 3 N–H and O–H groups in total. The van der Waals surface area contributed by atoms with E-state index < -0.39 is 5.97 Å². The number of carbonyl (C=O) groups is 1. The van der Waals surface area contributed by atoms with Crippen LogP contribution in [0, 0.1) is 0 Å². The number of nitrogens with two attached hydrogens (primary N) is 1. The van der Waals surface area contributed by atoms with E-state index in [1.807, 2.05) is 24.3 Å². The number of anilines is 1. The van der Waals surface area contributed by atoms with Gasteiger partial charge in [0.2, 0.25) is 0 Å². The summed E-state index contributed by atoms with van der Waals surface area (Å²) in [6, 6.07) is 14.8. The summed E-state index contributed by atoms with van der Waals surface area (Å²) in [4.78, 5) is 11.5. The van der Waals surface area contributed by atoms with E-state index in [1.165, 1.54) is 5.56 Å². The molecule has 0 saturated heterocycles. The van der Waals surface area contributed by atoms with Crippen molar-refractivity contribution in [3.63, 3.8) is 0 Å². The van der Waals surface area contributed by atoms with Crippen LogP contribution < -0.4 is 5.73 Å². The zero-order valence-corrected chi connectivity index (χ0v) is 13.1. The summed E-state index contributed by atoms with van der Waals surface area (Å²) in [5, 5.41) is 9.44. The standard InChI is InChI=1S/C19H21NO2/c1-19(2,3)15-8-4-13(5-9-15)12-17(18(21)22)14-6-10-16(20)11-7-14/h4-12H,20H2,1-3H3,(H,21,22)/b17-12-. The lowest BCUT2D eigenvalue weighted by Crippen LogP contribution is -2.10. The Morgan fingerprint density at radius 1 is 1.00 bits per heavy atom. The first-order valence-corrected chi connectivity index (χ1v) is 7.19. The molecule has 22 heavy (non-hydrogen) atoms. The van der Waals surface area contributed by atoms with Crippen LogP contribution in [0.15, 0.2) is 48.5 Å². The highest BCUT2D eigenvalue weighted by Crippen LogP contribution is 2.24. The maximum absolute atomic E-state index is 11.5. The predicted molar refractivity (Wildman–Crippen MR) is 91.5 cm³/mol. The fourth-order valence-electron chi connectivity index (χ4n) is 2.18. The molecule has 0 spiro atoms. The number of benzene rings is 2. The van der Waals surface area contributed by atoms with Gasteiger partial charge in [-0.2, -0.15) is 0 Å². The van der Waals surface area contributed by atoms with Crippen LogP contribution in [0.25, 0.3) is 11.6 Å². The quantitative estimate of drug-likeness (QED) is 0.507. The molecule has 0 aliphatic heterocycles. The molecule has 0 aliphatic carbocycles. The van der Waals surface area contributed by atoms with Crippen LogP contribution in [0.5, 0.6) is 0 Å². The third kappa shape index (κ3) is 3.76. The number of aliphatic carboxylic acids is 1. The summed E-state index contributed by atoms with van der Waals surface area (Å²) >= 11 is 0. The average Bonchev–Trinajstić information content (AvgIpc) is 2.45. The second kappa shape index (κ2) is 6.06. The van der Waals surface area contributed by atoms with Crippen molar-refractivity contribution in [2.45, 2.75) is 26.2 Å². The van der Waals surface area contributed by atoms with Crippen LogP contribution in [-0.4, -0.2) is 11.1 Å². The molecular weight excluding hydrogens is 274 g/mol. The Morgan fingerprint density at radius 2 is 1.55 bits per heavy atom. The Kier molecular flexibility index (Phi) is 4.36. The number of hydrogen-bond acceptors (Lipinski definition) is 2. The zero-order valence-electron chi connectivity index (χ0n) is 13.1. The number of carboxylic acids is 1. The fourth-order valence-corrected chi connectivity index (χ4v) is 2.18. The minimum absolute atomic E-state index is 0.0782. The van der Waals surface area contributed by atoms with Gasteiger partial charge in [0, 0.05) is 5.69 Å². The van der Waals surface area contributed by atoms with E-state index in [1.54, 1.807) is 30.3 Å². The van der Waals surface area contributed by atoms with Gasteiger partial charge >= 0.3 is 5.97 Å². The van der Waals surface area contributed by atoms with Gasteiger partial charge < -0.3 is 10.8 Å². The molecule has 0 aromatic heterocycles. The smallest absolute Gasteiger partial charge is 0.336 e. The molecule has 0 amide bonds.